The molecule has 0 aliphatic heterocycles. The fraction of sp³-hybridized carbons (Fsp3) is 0.154. The van der Waals surface area contributed by atoms with Crippen LogP contribution in [0.5, 0.6) is 0 Å². The predicted octanol–water partition coefficient (Wildman–Crippen LogP) is 4.90. The molecule has 0 bridgehead atoms. The van der Waals surface area contributed by atoms with Gasteiger partial charge >= 0.3 is 5.97 Å². The predicted molar refractivity (Wildman–Crippen MR) is 125 cm³/mol. The second kappa shape index (κ2) is 10.5. The molecule has 4 rings (SSSR count). The van der Waals surface area contributed by atoms with E-state index in [0.717, 1.165) is 28.2 Å². The van der Waals surface area contributed by atoms with Crippen molar-refractivity contribution in [1.82, 2.24) is 9.99 Å². The van der Waals surface area contributed by atoms with Crippen molar-refractivity contribution in [2.24, 2.45) is 5.84 Å². The Morgan fingerprint density at radius 3 is 2.42 bits per heavy atom. The molecule has 1 aliphatic carbocycles. The van der Waals surface area contributed by atoms with E-state index in [-0.39, 0.29) is 19.6 Å². The first-order chi connectivity index (χ1) is 16.1. The van der Waals surface area contributed by atoms with Gasteiger partial charge in [0.05, 0.1) is 6.42 Å². The van der Waals surface area contributed by atoms with Gasteiger partial charge in [-0.05, 0) is 36.3 Å². The average Bonchev–Trinajstić information content (AvgIpc) is 3.28. The molecule has 0 unspecified atom stereocenters. The van der Waals surface area contributed by atoms with Crippen LogP contribution in [0, 0.1) is 0 Å². The molecule has 0 fully saturated rings. The van der Waals surface area contributed by atoms with Crippen molar-refractivity contribution < 1.29 is 19.1 Å². The van der Waals surface area contributed by atoms with Gasteiger partial charge in [0.1, 0.15) is 18.1 Å². The van der Waals surface area contributed by atoms with Crippen LogP contribution >= 0.6 is 0 Å². The third kappa shape index (κ3) is 5.99. The lowest BCUT2D eigenvalue weighted by Gasteiger charge is -2.16. The van der Waals surface area contributed by atoms with Crippen LogP contribution < -0.4 is 5.84 Å². The van der Waals surface area contributed by atoms with Crippen molar-refractivity contribution in [1.29, 1.82) is 0 Å². The zero-order chi connectivity index (χ0) is 23.0. The van der Waals surface area contributed by atoms with E-state index in [4.69, 9.17) is 25.1 Å². The molecule has 0 saturated heterocycles. The second-order valence-corrected chi connectivity index (χ2v) is 7.55. The van der Waals surface area contributed by atoms with Gasteiger partial charge in [-0.25, -0.2) is 10.8 Å². The SMILES string of the molecule is NN(/C=C1/C=CC(OCc2nc(-c3ccccc3)oc2-c2ccccc2)=CC1)CCC(=O)O. The van der Waals surface area contributed by atoms with E-state index in [9.17, 15) is 4.79 Å². The lowest BCUT2D eigenvalue weighted by atomic mass is 10.1. The van der Waals surface area contributed by atoms with Gasteiger partial charge in [0.15, 0.2) is 5.76 Å². The Bertz CT molecular complexity index is 1180. The first-order valence-electron chi connectivity index (χ1n) is 10.6. The van der Waals surface area contributed by atoms with E-state index < -0.39 is 5.97 Å². The monoisotopic (exact) mass is 443 g/mol. The third-order valence-electron chi connectivity index (χ3n) is 5.05. The van der Waals surface area contributed by atoms with Gasteiger partial charge in [-0.15, -0.1) is 0 Å². The summed E-state index contributed by atoms with van der Waals surface area (Å²) in [5.74, 6) is 6.92. The molecule has 0 atom stereocenters. The van der Waals surface area contributed by atoms with Gasteiger partial charge in [-0.1, -0.05) is 54.6 Å². The van der Waals surface area contributed by atoms with Crippen LogP contribution in [0.1, 0.15) is 18.5 Å². The van der Waals surface area contributed by atoms with Gasteiger partial charge in [-0.3, -0.25) is 4.79 Å². The van der Waals surface area contributed by atoms with Crippen LogP contribution in [-0.4, -0.2) is 27.6 Å². The number of aromatic nitrogens is 1. The maximum absolute atomic E-state index is 10.7. The Labute approximate surface area is 192 Å². The van der Waals surface area contributed by atoms with Crippen LogP contribution in [0.3, 0.4) is 0 Å². The normalized spacial score (nSPS) is 14.2. The summed E-state index contributed by atoms with van der Waals surface area (Å²) in [7, 11) is 0. The molecule has 7 heteroatoms. The molecule has 3 N–H and O–H groups in total. The Kier molecular flexibility index (Phi) is 7.02. The largest absolute Gasteiger partial charge is 0.487 e. The van der Waals surface area contributed by atoms with E-state index in [1.54, 1.807) is 6.20 Å². The summed E-state index contributed by atoms with van der Waals surface area (Å²) in [6.45, 7) is 0.509. The topological polar surface area (TPSA) is 102 Å². The van der Waals surface area contributed by atoms with Crippen molar-refractivity contribution >= 4 is 5.97 Å². The van der Waals surface area contributed by atoms with E-state index in [0.29, 0.717) is 18.1 Å². The number of carboxylic acids is 1. The highest BCUT2D eigenvalue weighted by molar-refractivity contribution is 5.67. The first kappa shape index (κ1) is 22.1. The van der Waals surface area contributed by atoms with E-state index in [1.165, 1.54) is 5.01 Å². The number of benzene rings is 2. The number of hydrogen-bond donors (Lipinski definition) is 2. The summed E-state index contributed by atoms with van der Waals surface area (Å²) in [5, 5.41) is 10.1. The Hall–Kier alpha value is -4.10. The van der Waals surface area contributed by atoms with Crippen molar-refractivity contribution in [2.75, 3.05) is 6.54 Å². The maximum Gasteiger partial charge on any atom is 0.305 e. The molecule has 33 heavy (non-hydrogen) atoms. The molecule has 0 radical (unpaired) electrons. The Morgan fingerprint density at radius 1 is 1.09 bits per heavy atom. The minimum absolute atomic E-state index is 0.0133. The third-order valence-corrected chi connectivity index (χ3v) is 5.05. The number of ether oxygens (including phenoxy) is 1. The zero-order valence-electron chi connectivity index (χ0n) is 18.1. The molecule has 168 valence electrons. The number of oxazole rings is 1. The molecule has 2 aromatic carbocycles. The number of hydrogen-bond acceptors (Lipinski definition) is 6. The minimum atomic E-state index is -0.878. The van der Waals surface area contributed by atoms with Crippen LogP contribution in [0.15, 0.2) is 101 Å². The highest BCUT2D eigenvalue weighted by Crippen LogP contribution is 2.31. The summed E-state index contributed by atoms with van der Waals surface area (Å²) < 4.78 is 12.1. The standard InChI is InChI=1S/C26H25N3O4/c27-29(16-15-24(30)31)17-19-11-13-22(14-12-19)32-18-23-25(20-7-3-1-4-8-20)33-26(28-23)21-9-5-2-6-10-21/h1-11,13-14,17H,12,15-16,18,27H2,(H,30,31)/b19-17-. The molecule has 1 heterocycles. The number of aliphatic carboxylic acids is 1. The van der Waals surface area contributed by atoms with Crippen LogP contribution in [-0.2, 0) is 16.1 Å². The molecular formula is C26H25N3O4. The summed E-state index contributed by atoms with van der Waals surface area (Å²) >= 11 is 0. The van der Waals surface area contributed by atoms with Crippen molar-refractivity contribution in [2.45, 2.75) is 19.4 Å². The van der Waals surface area contributed by atoms with E-state index in [2.05, 4.69) is 0 Å². The Morgan fingerprint density at radius 2 is 1.79 bits per heavy atom. The summed E-state index contributed by atoms with van der Waals surface area (Å²) in [6, 6.07) is 19.6. The van der Waals surface area contributed by atoms with Crippen molar-refractivity contribution in [3.63, 3.8) is 0 Å². The molecule has 1 aromatic heterocycles. The molecule has 1 aliphatic rings. The number of carboxylic acid groups (broad SMARTS) is 1. The average molecular weight is 444 g/mol. The highest BCUT2D eigenvalue weighted by Gasteiger charge is 2.17. The van der Waals surface area contributed by atoms with Gasteiger partial charge in [0.25, 0.3) is 0 Å². The number of rotatable bonds is 9. The van der Waals surface area contributed by atoms with Crippen molar-refractivity contribution in [3.8, 4) is 22.8 Å². The second-order valence-electron chi connectivity index (χ2n) is 7.55. The number of carbonyl (C=O) groups is 1. The number of nitrogens with two attached hydrogens (primary N) is 1. The van der Waals surface area contributed by atoms with Crippen LogP contribution in [0.2, 0.25) is 0 Å². The van der Waals surface area contributed by atoms with Gasteiger partial charge in [-0.2, -0.15) is 0 Å². The quantitative estimate of drug-likeness (QED) is 0.358. The number of nitrogens with zero attached hydrogens (tertiary/aromatic N) is 2. The van der Waals surface area contributed by atoms with Crippen LogP contribution in [0.25, 0.3) is 22.8 Å². The van der Waals surface area contributed by atoms with Crippen LogP contribution in [0.4, 0.5) is 0 Å². The molecule has 7 nitrogen and oxygen atoms in total. The van der Waals surface area contributed by atoms with E-state index in [1.807, 2.05) is 78.9 Å². The first-order valence-corrected chi connectivity index (χ1v) is 10.6. The fourth-order valence-electron chi connectivity index (χ4n) is 3.37. The lowest BCUT2D eigenvalue weighted by Crippen LogP contribution is -2.28. The molecule has 0 saturated carbocycles. The molecule has 0 spiro atoms. The summed E-state index contributed by atoms with van der Waals surface area (Å²) in [5.41, 5.74) is 3.53. The zero-order valence-corrected chi connectivity index (χ0v) is 18.1. The summed E-state index contributed by atoms with van der Waals surface area (Å²) in [4.78, 5) is 15.4. The summed E-state index contributed by atoms with van der Waals surface area (Å²) in [6.07, 6.45) is 8.08. The number of hydrazine groups is 1. The highest BCUT2D eigenvalue weighted by atomic mass is 16.5. The van der Waals surface area contributed by atoms with Gasteiger partial charge in [0.2, 0.25) is 5.89 Å². The smallest absolute Gasteiger partial charge is 0.305 e. The molecule has 0 amide bonds. The van der Waals surface area contributed by atoms with Gasteiger partial charge in [0, 0.05) is 23.9 Å². The lowest BCUT2D eigenvalue weighted by molar-refractivity contribution is -0.137. The maximum atomic E-state index is 10.7. The van der Waals surface area contributed by atoms with Crippen molar-refractivity contribution in [3.05, 3.63) is 102 Å². The van der Waals surface area contributed by atoms with Gasteiger partial charge < -0.3 is 19.3 Å². The number of allylic oxidation sites excluding steroid dienone is 4. The minimum Gasteiger partial charge on any atom is -0.487 e. The van der Waals surface area contributed by atoms with E-state index >= 15 is 0 Å². The fourth-order valence-corrected chi connectivity index (χ4v) is 3.37. The molecular weight excluding hydrogens is 418 g/mol. The molecule has 3 aromatic rings. The Balaban J connectivity index is 1.45.